The Morgan fingerprint density at radius 1 is 1.50 bits per heavy atom. The topological polar surface area (TPSA) is 22.1 Å². The van der Waals surface area contributed by atoms with Crippen LogP contribution in [0.3, 0.4) is 0 Å². The zero-order chi connectivity index (χ0) is 11.4. The molecular formula is C14H21NO. The van der Waals surface area contributed by atoms with Crippen LogP contribution >= 0.6 is 0 Å². The van der Waals surface area contributed by atoms with Crippen LogP contribution in [0.1, 0.15) is 44.6 Å². The molecule has 0 spiro atoms. The van der Waals surface area contributed by atoms with E-state index >= 15 is 0 Å². The van der Waals surface area contributed by atoms with Gasteiger partial charge in [0.25, 0.3) is 0 Å². The van der Waals surface area contributed by atoms with E-state index in [0.29, 0.717) is 6.10 Å². The van der Waals surface area contributed by atoms with Gasteiger partial charge in [-0.05, 0) is 31.7 Å². The average molecular weight is 219 g/mol. The molecule has 0 amide bonds. The minimum Gasteiger partial charge on any atom is -0.474 e. The van der Waals surface area contributed by atoms with Crippen LogP contribution in [0.25, 0.3) is 0 Å². The second kappa shape index (κ2) is 5.33. The Hall–Kier alpha value is -1.05. The lowest BCUT2D eigenvalue weighted by atomic mass is 10.1. The summed E-state index contributed by atoms with van der Waals surface area (Å²) in [4.78, 5) is 4.31. The van der Waals surface area contributed by atoms with Crippen LogP contribution in [0.4, 0.5) is 0 Å². The van der Waals surface area contributed by atoms with Gasteiger partial charge in [-0.2, -0.15) is 0 Å². The summed E-state index contributed by atoms with van der Waals surface area (Å²) in [6, 6.07) is 4.01. The Kier molecular flexibility index (Phi) is 3.81. The molecule has 1 aromatic rings. The minimum atomic E-state index is 0.367. The van der Waals surface area contributed by atoms with Crippen LogP contribution < -0.4 is 4.74 Å². The van der Waals surface area contributed by atoms with Crippen molar-refractivity contribution in [3.8, 4) is 5.88 Å². The van der Waals surface area contributed by atoms with Crippen LogP contribution in [-0.2, 0) is 0 Å². The molecule has 1 heterocycles. The maximum Gasteiger partial charge on any atom is 0.216 e. The summed E-state index contributed by atoms with van der Waals surface area (Å²) >= 11 is 0. The van der Waals surface area contributed by atoms with Crippen molar-refractivity contribution in [2.75, 3.05) is 0 Å². The zero-order valence-electron chi connectivity index (χ0n) is 10.3. The van der Waals surface area contributed by atoms with Gasteiger partial charge in [0, 0.05) is 11.8 Å². The molecule has 88 valence electrons. The molecule has 2 nitrogen and oxygen atoms in total. The van der Waals surface area contributed by atoms with E-state index in [9.17, 15) is 0 Å². The highest BCUT2D eigenvalue weighted by Gasteiger charge is 2.26. The molecule has 1 aliphatic carbocycles. The molecule has 0 aromatic carbocycles. The summed E-state index contributed by atoms with van der Waals surface area (Å²) in [5.74, 6) is 1.74. The molecule has 1 fully saturated rings. The predicted octanol–water partition coefficient (Wildman–Crippen LogP) is 3.74. The van der Waals surface area contributed by atoms with Crippen molar-refractivity contribution in [1.82, 2.24) is 4.98 Å². The number of aryl methyl sites for hydroxylation is 1. The van der Waals surface area contributed by atoms with Gasteiger partial charge in [-0.25, -0.2) is 4.98 Å². The number of hydrogen-bond donors (Lipinski definition) is 0. The largest absolute Gasteiger partial charge is 0.474 e. The maximum atomic E-state index is 6.03. The Labute approximate surface area is 98.0 Å². The molecule has 1 aliphatic rings. The molecule has 0 radical (unpaired) electrons. The first kappa shape index (κ1) is 11.4. The summed E-state index contributed by atoms with van der Waals surface area (Å²) in [6.45, 7) is 4.27. The van der Waals surface area contributed by atoms with Crippen molar-refractivity contribution in [2.24, 2.45) is 5.92 Å². The lowest BCUT2D eigenvalue weighted by molar-refractivity contribution is 0.164. The van der Waals surface area contributed by atoms with E-state index in [2.05, 4.69) is 24.9 Å². The molecule has 1 aromatic heterocycles. The van der Waals surface area contributed by atoms with Crippen molar-refractivity contribution in [2.45, 2.75) is 52.1 Å². The molecule has 1 saturated carbocycles. The van der Waals surface area contributed by atoms with Gasteiger partial charge in [0.15, 0.2) is 0 Å². The monoisotopic (exact) mass is 219 g/mol. The van der Waals surface area contributed by atoms with Gasteiger partial charge in [0.1, 0.15) is 6.10 Å². The van der Waals surface area contributed by atoms with Crippen LogP contribution in [0.5, 0.6) is 5.88 Å². The maximum absolute atomic E-state index is 6.03. The SMILES string of the molecule is CCCC(CC1CC1)Oc1ncccc1C. The Bertz CT molecular complexity index is 333. The highest BCUT2D eigenvalue weighted by molar-refractivity contribution is 5.23. The molecule has 0 bridgehead atoms. The van der Waals surface area contributed by atoms with Gasteiger partial charge in [-0.1, -0.05) is 32.3 Å². The Morgan fingerprint density at radius 2 is 2.31 bits per heavy atom. The number of rotatable bonds is 6. The second-order valence-corrected chi connectivity index (χ2v) is 4.83. The van der Waals surface area contributed by atoms with Gasteiger partial charge < -0.3 is 4.74 Å². The lowest BCUT2D eigenvalue weighted by Gasteiger charge is -2.18. The van der Waals surface area contributed by atoms with Gasteiger partial charge in [0.05, 0.1) is 0 Å². The van der Waals surface area contributed by atoms with E-state index in [4.69, 9.17) is 4.74 Å². The Balaban J connectivity index is 1.95. The third-order valence-electron chi connectivity index (χ3n) is 3.14. The molecule has 0 N–H and O–H groups in total. The van der Waals surface area contributed by atoms with E-state index in [-0.39, 0.29) is 0 Å². The molecule has 2 heteroatoms. The van der Waals surface area contributed by atoms with Crippen LogP contribution in [0.2, 0.25) is 0 Å². The Morgan fingerprint density at radius 3 is 2.94 bits per heavy atom. The van der Waals surface area contributed by atoms with Crippen LogP contribution in [0, 0.1) is 12.8 Å². The molecule has 0 aliphatic heterocycles. The van der Waals surface area contributed by atoms with E-state index < -0.39 is 0 Å². The lowest BCUT2D eigenvalue weighted by Crippen LogP contribution is -2.18. The summed E-state index contributed by atoms with van der Waals surface area (Å²) < 4.78 is 6.03. The van der Waals surface area contributed by atoms with Crippen molar-refractivity contribution < 1.29 is 4.74 Å². The standard InChI is InChI=1S/C14H21NO/c1-3-5-13(10-12-7-8-12)16-14-11(2)6-4-9-15-14/h4,6,9,12-13H,3,5,7-8,10H2,1-2H3. The number of ether oxygens (including phenoxy) is 1. The number of nitrogens with zero attached hydrogens (tertiary/aromatic N) is 1. The fraction of sp³-hybridized carbons (Fsp3) is 0.643. The highest BCUT2D eigenvalue weighted by atomic mass is 16.5. The van der Waals surface area contributed by atoms with Crippen LogP contribution in [0.15, 0.2) is 18.3 Å². The van der Waals surface area contributed by atoms with Crippen molar-refractivity contribution in [1.29, 1.82) is 0 Å². The molecular weight excluding hydrogens is 198 g/mol. The minimum absolute atomic E-state index is 0.367. The second-order valence-electron chi connectivity index (χ2n) is 4.83. The van der Waals surface area contributed by atoms with Gasteiger partial charge in [-0.15, -0.1) is 0 Å². The first-order valence-electron chi connectivity index (χ1n) is 6.38. The normalized spacial score (nSPS) is 17.1. The average Bonchev–Trinajstić information content (AvgIpc) is 3.06. The summed E-state index contributed by atoms with van der Waals surface area (Å²) in [6.07, 6.45) is 8.50. The third kappa shape index (κ3) is 3.22. The van der Waals surface area contributed by atoms with Gasteiger partial charge in [-0.3, -0.25) is 0 Å². The zero-order valence-corrected chi connectivity index (χ0v) is 10.3. The fourth-order valence-electron chi connectivity index (χ4n) is 2.02. The predicted molar refractivity (Wildman–Crippen MR) is 65.6 cm³/mol. The van der Waals surface area contributed by atoms with Gasteiger partial charge in [0.2, 0.25) is 5.88 Å². The van der Waals surface area contributed by atoms with Crippen molar-refractivity contribution in [3.05, 3.63) is 23.9 Å². The summed E-state index contributed by atoms with van der Waals surface area (Å²) in [7, 11) is 0. The smallest absolute Gasteiger partial charge is 0.216 e. The molecule has 1 unspecified atom stereocenters. The molecule has 16 heavy (non-hydrogen) atoms. The van der Waals surface area contributed by atoms with E-state index in [0.717, 1.165) is 23.8 Å². The van der Waals surface area contributed by atoms with E-state index in [1.165, 1.54) is 25.7 Å². The van der Waals surface area contributed by atoms with E-state index in [1.807, 2.05) is 12.3 Å². The number of hydrogen-bond acceptors (Lipinski definition) is 2. The first-order valence-corrected chi connectivity index (χ1v) is 6.38. The molecule has 0 saturated heterocycles. The van der Waals surface area contributed by atoms with Crippen LogP contribution in [-0.4, -0.2) is 11.1 Å². The van der Waals surface area contributed by atoms with Gasteiger partial charge >= 0.3 is 0 Å². The number of aromatic nitrogens is 1. The summed E-state index contributed by atoms with van der Waals surface area (Å²) in [5.41, 5.74) is 1.14. The number of pyridine rings is 1. The third-order valence-corrected chi connectivity index (χ3v) is 3.14. The molecule has 1 atom stereocenters. The quantitative estimate of drug-likeness (QED) is 0.727. The summed E-state index contributed by atoms with van der Waals surface area (Å²) in [5, 5.41) is 0. The highest BCUT2D eigenvalue weighted by Crippen LogP contribution is 2.35. The van der Waals surface area contributed by atoms with E-state index in [1.54, 1.807) is 0 Å². The fourth-order valence-corrected chi connectivity index (χ4v) is 2.02. The van der Waals surface area contributed by atoms with Crippen molar-refractivity contribution in [3.63, 3.8) is 0 Å². The first-order chi connectivity index (χ1) is 7.79. The molecule has 2 rings (SSSR count). The van der Waals surface area contributed by atoms with Crippen molar-refractivity contribution >= 4 is 0 Å².